The smallest absolute Gasteiger partial charge is 0.345 e. The zero-order chi connectivity index (χ0) is 15.3. The predicted molar refractivity (Wildman–Crippen MR) is 71.2 cm³/mol. The van der Waals surface area contributed by atoms with Gasteiger partial charge in [0, 0.05) is 12.0 Å². The van der Waals surface area contributed by atoms with E-state index < -0.39 is 18.0 Å². The molecule has 6 nitrogen and oxygen atoms in total. The number of hydrogen-bond acceptors (Lipinski definition) is 5. The van der Waals surface area contributed by atoms with E-state index in [0.29, 0.717) is 5.56 Å². The molecule has 0 amide bonds. The average molecular weight is 280 g/mol. The molecule has 1 unspecified atom stereocenters. The van der Waals surface area contributed by atoms with Crippen LogP contribution in [0.1, 0.15) is 19.4 Å². The van der Waals surface area contributed by atoms with Crippen LogP contribution in [0.4, 0.5) is 0 Å². The minimum Gasteiger partial charge on any atom is -0.504 e. The molecule has 0 aliphatic carbocycles. The van der Waals surface area contributed by atoms with Gasteiger partial charge < -0.3 is 20.1 Å². The van der Waals surface area contributed by atoms with Crippen molar-refractivity contribution < 1.29 is 29.6 Å². The Labute approximate surface area is 115 Å². The van der Waals surface area contributed by atoms with Gasteiger partial charge in [0.15, 0.2) is 11.5 Å². The van der Waals surface area contributed by atoms with Crippen molar-refractivity contribution in [3.05, 3.63) is 29.8 Å². The normalized spacial score (nSPS) is 12.6. The molecule has 1 rings (SSSR count). The third-order valence-corrected chi connectivity index (χ3v) is 2.50. The van der Waals surface area contributed by atoms with Crippen LogP contribution in [-0.4, -0.2) is 33.4 Å². The SMILES string of the molecule is CC(C)C(OC(=O)/C=C/c1ccc(O)c(O)c1)C(=O)O. The van der Waals surface area contributed by atoms with Gasteiger partial charge in [0.1, 0.15) is 0 Å². The lowest BCUT2D eigenvalue weighted by atomic mass is 10.1. The lowest BCUT2D eigenvalue weighted by Crippen LogP contribution is -2.31. The highest BCUT2D eigenvalue weighted by molar-refractivity contribution is 5.89. The summed E-state index contributed by atoms with van der Waals surface area (Å²) in [6, 6.07) is 4.01. The number of carbonyl (C=O) groups excluding carboxylic acids is 1. The van der Waals surface area contributed by atoms with Crippen LogP contribution >= 0.6 is 0 Å². The monoisotopic (exact) mass is 280 g/mol. The second kappa shape index (κ2) is 6.60. The fourth-order valence-corrected chi connectivity index (χ4v) is 1.44. The zero-order valence-corrected chi connectivity index (χ0v) is 11.1. The number of rotatable bonds is 5. The zero-order valence-electron chi connectivity index (χ0n) is 11.1. The van der Waals surface area contributed by atoms with Crippen LogP contribution in [0.25, 0.3) is 6.08 Å². The van der Waals surface area contributed by atoms with Crippen molar-refractivity contribution in [1.82, 2.24) is 0 Å². The molecule has 1 atom stereocenters. The Morgan fingerprint density at radius 1 is 1.20 bits per heavy atom. The first-order valence-electron chi connectivity index (χ1n) is 5.94. The first-order chi connectivity index (χ1) is 9.31. The van der Waals surface area contributed by atoms with Gasteiger partial charge in [-0.3, -0.25) is 0 Å². The van der Waals surface area contributed by atoms with Gasteiger partial charge in [0.25, 0.3) is 0 Å². The number of esters is 1. The van der Waals surface area contributed by atoms with Crippen molar-refractivity contribution in [1.29, 1.82) is 0 Å². The fraction of sp³-hybridized carbons (Fsp3) is 0.286. The maximum atomic E-state index is 11.5. The maximum Gasteiger partial charge on any atom is 0.345 e. The molecule has 0 saturated carbocycles. The Balaban J connectivity index is 2.72. The molecule has 3 N–H and O–H groups in total. The number of carboxylic acids is 1. The third kappa shape index (κ3) is 4.31. The molecule has 20 heavy (non-hydrogen) atoms. The van der Waals surface area contributed by atoms with Gasteiger partial charge in [-0.1, -0.05) is 19.9 Å². The van der Waals surface area contributed by atoms with Crippen molar-refractivity contribution in [2.24, 2.45) is 5.92 Å². The number of carboxylic acid groups (broad SMARTS) is 1. The first kappa shape index (κ1) is 15.6. The summed E-state index contributed by atoms with van der Waals surface area (Å²) in [6.45, 7) is 3.27. The van der Waals surface area contributed by atoms with Gasteiger partial charge in [-0.2, -0.15) is 0 Å². The highest BCUT2D eigenvalue weighted by atomic mass is 16.6. The Hall–Kier alpha value is -2.50. The number of carbonyl (C=O) groups is 2. The molecular weight excluding hydrogens is 264 g/mol. The van der Waals surface area contributed by atoms with Gasteiger partial charge in [-0.15, -0.1) is 0 Å². The topological polar surface area (TPSA) is 104 Å². The highest BCUT2D eigenvalue weighted by Gasteiger charge is 2.24. The van der Waals surface area contributed by atoms with Crippen LogP contribution in [-0.2, 0) is 14.3 Å². The molecule has 0 spiro atoms. The van der Waals surface area contributed by atoms with E-state index in [9.17, 15) is 14.7 Å². The lowest BCUT2D eigenvalue weighted by Gasteiger charge is -2.15. The van der Waals surface area contributed by atoms with Crippen LogP contribution in [0, 0.1) is 5.92 Å². The molecule has 1 aromatic carbocycles. The molecule has 1 aromatic rings. The number of phenols is 2. The molecule has 0 heterocycles. The Morgan fingerprint density at radius 3 is 2.35 bits per heavy atom. The molecule has 0 aromatic heterocycles. The summed E-state index contributed by atoms with van der Waals surface area (Å²) in [5, 5.41) is 27.3. The molecule has 0 aliphatic heterocycles. The van der Waals surface area contributed by atoms with Crippen molar-refractivity contribution in [3.63, 3.8) is 0 Å². The largest absolute Gasteiger partial charge is 0.504 e. The molecule has 0 fully saturated rings. The molecule has 0 saturated heterocycles. The van der Waals surface area contributed by atoms with Gasteiger partial charge in [0.2, 0.25) is 6.10 Å². The van der Waals surface area contributed by atoms with Crippen LogP contribution in [0.5, 0.6) is 11.5 Å². The third-order valence-electron chi connectivity index (χ3n) is 2.50. The number of benzene rings is 1. The van der Waals surface area contributed by atoms with Crippen molar-refractivity contribution in [2.75, 3.05) is 0 Å². The van der Waals surface area contributed by atoms with Gasteiger partial charge in [-0.05, 0) is 23.8 Å². The van der Waals surface area contributed by atoms with Crippen LogP contribution < -0.4 is 0 Å². The van der Waals surface area contributed by atoms with Crippen LogP contribution in [0.2, 0.25) is 0 Å². The number of aromatic hydroxyl groups is 2. The number of ether oxygens (including phenoxy) is 1. The van der Waals surface area contributed by atoms with E-state index in [-0.39, 0.29) is 17.4 Å². The van der Waals surface area contributed by atoms with E-state index in [1.165, 1.54) is 24.3 Å². The average Bonchev–Trinajstić information content (AvgIpc) is 2.36. The van der Waals surface area contributed by atoms with E-state index in [4.69, 9.17) is 14.9 Å². The summed E-state index contributed by atoms with van der Waals surface area (Å²) in [5.41, 5.74) is 0.466. The molecule has 0 aliphatic rings. The number of hydrogen-bond donors (Lipinski definition) is 3. The van der Waals surface area contributed by atoms with Gasteiger partial charge >= 0.3 is 11.9 Å². The van der Waals surface area contributed by atoms with Crippen molar-refractivity contribution in [2.45, 2.75) is 20.0 Å². The lowest BCUT2D eigenvalue weighted by molar-refractivity contribution is -0.163. The maximum absolute atomic E-state index is 11.5. The summed E-state index contributed by atoms with van der Waals surface area (Å²) in [5.74, 6) is -2.92. The fourth-order valence-electron chi connectivity index (χ4n) is 1.44. The summed E-state index contributed by atoms with van der Waals surface area (Å²) in [6.07, 6.45) is 1.20. The highest BCUT2D eigenvalue weighted by Crippen LogP contribution is 2.25. The van der Waals surface area contributed by atoms with E-state index >= 15 is 0 Å². The second-order valence-electron chi connectivity index (χ2n) is 4.52. The summed E-state index contributed by atoms with van der Waals surface area (Å²) in [4.78, 5) is 22.4. The minimum absolute atomic E-state index is 0.268. The molecule has 0 radical (unpaired) electrons. The quantitative estimate of drug-likeness (QED) is 0.431. The predicted octanol–water partition coefficient (Wildman–Crippen LogP) is 1.76. The van der Waals surface area contributed by atoms with Crippen molar-refractivity contribution in [3.8, 4) is 11.5 Å². The summed E-state index contributed by atoms with van der Waals surface area (Å²) in [7, 11) is 0. The molecular formula is C14H16O6. The first-order valence-corrected chi connectivity index (χ1v) is 5.94. The van der Waals surface area contributed by atoms with Crippen molar-refractivity contribution >= 4 is 18.0 Å². The van der Waals surface area contributed by atoms with E-state index in [0.717, 1.165) is 6.08 Å². The summed E-state index contributed by atoms with van der Waals surface area (Å²) >= 11 is 0. The number of aliphatic carboxylic acids is 1. The minimum atomic E-state index is -1.21. The van der Waals surface area contributed by atoms with Gasteiger partial charge in [0.05, 0.1) is 0 Å². The second-order valence-corrected chi connectivity index (χ2v) is 4.52. The van der Waals surface area contributed by atoms with E-state index in [2.05, 4.69) is 0 Å². The van der Waals surface area contributed by atoms with Crippen LogP contribution in [0.15, 0.2) is 24.3 Å². The standard InChI is InChI=1S/C14H16O6/c1-8(2)13(14(18)19)20-12(17)6-4-9-3-5-10(15)11(16)7-9/h3-8,13,15-16H,1-2H3,(H,18,19)/b6-4+. The molecule has 6 heteroatoms. The Kier molecular flexibility index (Phi) is 5.14. The summed E-state index contributed by atoms with van der Waals surface area (Å²) < 4.78 is 4.81. The molecule has 108 valence electrons. The Bertz CT molecular complexity index is 532. The Morgan fingerprint density at radius 2 is 1.85 bits per heavy atom. The van der Waals surface area contributed by atoms with Crippen LogP contribution in [0.3, 0.4) is 0 Å². The number of phenolic OH excluding ortho intramolecular Hbond substituents is 2. The van der Waals surface area contributed by atoms with E-state index in [1.54, 1.807) is 13.8 Å². The van der Waals surface area contributed by atoms with Gasteiger partial charge in [-0.25, -0.2) is 9.59 Å². The van der Waals surface area contributed by atoms with E-state index in [1.807, 2.05) is 0 Å². The molecule has 0 bridgehead atoms.